The van der Waals surface area contributed by atoms with Crippen molar-refractivity contribution in [2.75, 3.05) is 0 Å². The van der Waals surface area contributed by atoms with Crippen LogP contribution in [0, 0.1) is 6.92 Å². The average molecular weight is 318 g/mol. The van der Waals surface area contributed by atoms with Gasteiger partial charge >= 0.3 is 0 Å². The normalized spacial score (nSPS) is 11.5. The summed E-state index contributed by atoms with van der Waals surface area (Å²) < 4.78 is 7.70. The summed E-state index contributed by atoms with van der Waals surface area (Å²) in [6.45, 7) is 6.33. The van der Waals surface area contributed by atoms with Gasteiger partial charge in [0, 0.05) is 46.7 Å². The molecule has 1 aromatic carbocycles. The molecule has 0 amide bonds. The van der Waals surface area contributed by atoms with Crippen molar-refractivity contribution in [1.29, 1.82) is 0 Å². The summed E-state index contributed by atoms with van der Waals surface area (Å²) >= 11 is 0. The van der Waals surface area contributed by atoms with Gasteiger partial charge in [0.05, 0.1) is 0 Å². The molecular formula is C19H18N4O. The zero-order valence-electron chi connectivity index (χ0n) is 13.9. The second-order valence-corrected chi connectivity index (χ2v) is 6.20. The predicted octanol–water partition coefficient (Wildman–Crippen LogP) is 4.64. The van der Waals surface area contributed by atoms with Crippen molar-refractivity contribution >= 4 is 10.9 Å². The van der Waals surface area contributed by atoms with Gasteiger partial charge in [-0.05, 0) is 56.7 Å². The maximum absolute atomic E-state index is 5.45. The first-order chi connectivity index (χ1) is 11.6. The van der Waals surface area contributed by atoms with E-state index in [-0.39, 0.29) is 0 Å². The number of pyridine rings is 1. The summed E-state index contributed by atoms with van der Waals surface area (Å²) in [6.07, 6.45) is 5.63. The third-order valence-corrected chi connectivity index (χ3v) is 4.21. The fraction of sp³-hybridized carbons (Fsp3) is 0.211. The average Bonchev–Trinajstić information content (AvgIpc) is 3.21. The third kappa shape index (κ3) is 2.38. The molecule has 4 aromatic rings. The summed E-state index contributed by atoms with van der Waals surface area (Å²) in [4.78, 5) is 8.64. The molecule has 0 spiro atoms. The minimum atomic E-state index is 0.430. The van der Waals surface area contributed by atoms with Crippen LogP contribution in [0.4, 0.5) is 0 Å². The van der Waals surface area contributed by atoms with E-state index in [0.717, 1.165) is 16.7 Å². The van der Waals surface area contributed by atoms with Crippen molar-refractivity contribution in [2.24, 2.45) is 0 Å². The van der Waals surface area contributed by atoms with Crippen LogP contribution in [-0.2, 0) is 0 Å². The molecule has 0 unspecified atom stereocenters. The number of aromatic nitrogens is 4. The Bertz CT molecular complexity index is 1010. The molecule has 0 fully saturated rings. The maximum atomic E-state index is 5.45. The van der Waals surface area contributed by atoms with Gasteiger partial charge in [0.15, 0.2) is 0 Å². The highest BCUT2D eigenvalue weighted by molar-refractivity contribution is 5.84. The van der Waals surface area contributed by atoms with Gasteiger partial charge in [0.2, 0.25) is 5.82 Å². The Morgan fingerprint density at radius 3 is 2.79 bits per heavy atom. The third-order valence-electron chi connectivity index (χ3n) is 4.21. The Morgan fingerprint density at radius 2 is 2.00 bits per heavy atom. The molecule has 0 bridgehead atoms. The van der Waals surface area contributed by atoms with Crippen LogP contribution >= 0.6 is 0 Å². The van der Waals surface area contributed by atoms with Crippen molar-refractivity contribution in [2.45, 2.75) is 26.8 Å². The molecule has 3 heterocycles. The lowest BCUT2D eigenvalue weighted by Crippen LogP contribution is -1.97. The molecule has 3 aromatic heterocycles. The molecule has 0 atom stereocenters. The van der Waals surface area contributed by atoms with E-state index in [1.54, 1.807) is 12.4 Å². The van der Waals surface area contributed by atoms with Gasteiger partial charge in [-0.1, -0.05) is 5.16 Å². The zero-order valence-corrected chi connectivity index (χ0v) is 13.9. The standard InChI is InChI=1S/C19H18N4O/c1-12(2)23-9-7-14-10-15(4-5-17(14)23)18-21-19(24-22-18)16-6-8-20-11-13(16)3/h4-12H,1-3H3. The first-order valence-corrected chi connectivity index (χ1v) is 7.99. The highest BCUT2D eigenvalue weighted by Crippen LogP contribution is 2.27. The topological polar surface area (TPSA) is 56.7 Å². The van der Waals surface area contributed by atoms with Crippen LogP contribution in [0.3, 0.4) is 0 Å². The van der Waals surface area contributed by atoms with Gasteiger partial charge in [-0.2, -0.15) is 4.98 Å². The predicted molar refractivity (Wildman–Crippen MR) is 93.6 cm³/mol. The summed E-state index contributed by atoms with van der Waals surface area (Å²) in [5, 5.41) is 5.31. The van der Waals surface area contributed by atoms with Gasteiger partial charge in [0.25, 0.3) is 5.89 Å². The second kappa shape index (κ2) is 5.60. The number of nitrogens with zero attached hydrogens (tertiary/aromatic N) is 4. The summed E-state index contributed by atoms with van der Waals surface area (Å²) in [6, 6.07) is 10.7. The molecule has 5 heteroatoms. The number of fused-ring (bicyclic) bond motifs is 1. The van der Waals surface area contributed by atoms with E-state index in [2.05, 4.69) is 57.9 Å². The number of aryl methyl sites for hydroxylation is 1. The molecule has 0 saturated carbocycles. The monoisotopic (exact) mass is 318 g/mol. The van der Waals surface area contributed by atoms with Crippen molar-refractivity contribution in [1.82, 2.24) is 19.7 Å². The Hall–Kier alpha value is -2.95. The summed E-state index contributed by atoms with van der Waals surface area (Å²) in [7, 11) is 0. The summed E-state index contributed by atoms with van der Waals surface area (Å²) in [5.74, 6) is 1.12. The van der Waals surface area contributed by atoms with Gasteiger partial charge in [-0.15, -0.1) is 0 Å². The fourth-order valence-electron chi connectivity index (χ4n) is 2.92. The minimum Gasteiger partial charge on any atom is -0.345 e. The molecule has 0 N–H and O–H groups in total. The van der Waals surface area contributed by atoms with Crippen molar-refractivity contribution < 1.29 is 4.52 Å². The molecular weight excluding hydrogens is 300 g/mol. The number of benzene rings is 1. The van der Waals surface area contributed by atoms with E-state index in [1.807, 2.05) is 19.1 Å². The van der Waals surface area contributed by atoms with E-state index < -0.39 is 0 Å². The number of hydrogen-bond acceptors (Lipinski definition) is 4. The molecule has 24 heavy (non-hydrogen) atoms. The van der Waals surface area contributed by atoms with E-state index >= 15 is 0 Å². The van der Waals surface area contributed by atoms with Crippen LogP contribution in [0.15, 0.2) is 53.4 Å². The van der Waals surface area contributed by atoms with Gasteiger partial charge < -0.3 is 9.09 Å². The largest absolute Gasteiger partial charge is 0.345 e. The number of rotatable bonds is 3. The van der Waals surface area contributed by atoms with Crippen molar-refractivity contribution in [3.05, 3.63) is 54.5 Å². The highest BCUT2D eigenvalue weighted by atomic mass is 16.5. The van der Waals surface area contributed by atoms with Crippen LogP contribution in [0.25, 0.3) is 33.7 Å². The van der Waals surface area contributed by atoms with Crippen LogP contribution < -0.4 is 0 Å². The lowest BCUT2D eigenvalue weighted by atomic mass is 10.1. The van der Waals surface area contributed by atoms with Crippen LogP contribution in [-0.4, -0.2) is 19.7 Å². The minimum absolute atomic E-state index is 0.430. The smallest absolute Gasteiger partial charge is 0.258 e. The van der Waals surface area contributed by atoms with Gasteiger partial charge in [0.1, 0.15) is 0 Å². The molecule has 0 aliphatic heterocycles. The van der Waals surface area contributed by atoms with Crippen molar-refractivity contribution in [3.8, 4) is 22.8 Å². The molecule has 5 nitrogen and oxygen atoms in total. The second-order valence-electron chi connectivity index (χ2n) is 6.20. The van der Waals surface area contributed by atoms with Crippen LogP contribution in [0.5, 0.6) is 0 Å². The Morgan fingerprint density at radius 1 is 1.12 bits per heavy atom. The Labute approximate surface area is 140 Å². The first kappa shape index (κ1) is 14.6. The van der Waals surface area contributed by atoms with Gasteiger partial charge in [-0.3, -0.25) is 4.98 Å². The Balaban J connectivity index is 1.75. The first-order valence-electron chi connectivity index (χ1n) is 7.99. The van der Waals surface area contributed by atoms with Crippen LogP contribution in [0.2, 0.25) is 0 Å². The lowest BCUT2D eigenvalue weighted by Gasteiger charge is -2.09. The summed E-state index contributed by atoms with van der Waals surface area (Å²) in [5.41, 5.74) is 4.08. The fourth-order valence-corrected chi connectivity index (χ4v) is 2.92. The van der Waals surface area contributed by atoms with E-state index in [9.17, 15) is 0 Å². The van der Waals surface area contributed by atoms with Crippen molar-refractivity contribution in [3.63, 3.8) is 0 Å². The van der Waals surface area contributed by atoms with Gasteiger partial charge in [-0.25, -0.2) is 0 Å². The molecule has 0 aliphatic carbocycles. The van der Waals surface area contributed by atoms with E-state index in [4.69, 9.17) is 4.52 Å². The van der Waals surface area contributed by atoms with E-state index in [0.29, 0.717) is 17.8 Å². The highest BCUT2D eigenvalue weighted by Gasteiger charge is 2.13. The molecule has 0 aliphatic rings. The lowest BCUT2D eigenvalue weighted by molar-refractivity contribution is 0.432. The zero-order chi connectivity index (χ0) is 16.7. The quantitative estimate of drug-likeness (QED) is 0.552. The SMILES string of the molecule is Cc1cnccc1-c1nc(-c2ccc3c(ccn3C(C)C)c2)no1. The van der Waals surface area contributed by atoms with Crippen LogP contribution in [0.1, 0.15) is 25.5 Å². The number of hydrogen-bond donors (Lipinski definition) is 0. The maximum Gasteiger partial charge on any atom is 0.258 e. The molecule has 0 saturated heterocycles. The Kier molecular flexibility index (Phi) is 3.41. The molecule has 0 radical (unpaired) electrons. The molecule has 4 rings (SSSR count). The van der Waals surface area contributed by atoms with E-state index in [1.165, 1.54) is 10.9 Å². The molecule has 120 valence electrons.